The van der Waals surface area contributed by atoms with E-state index in [2.05, 4.69) is 51.0 Å². The van der Waals surface area contributed by atoms with Crippen molar-refractivity contribution in [2.45, 2.75) is 39.4 Å². The van der Waals surface area contributed by atoms with Crippen LogP contribution in [0.2, 0.25) is 0 Å². The molecule has 5 rings (SSSR count). The highest BCUT2D eigenvalue weighted by molar-refractivity contribution is 9.10. The van der Waals surface area contributed by atoms with Gasteiger partial charge in [0, 0.05) is 42.6 Å². The number of hydrogen-bond acceptors (Lipinski definition) is 8. The molecule has 0 atom stereocenters. The fraction of sp³-hybridized carbons (Fsp3) is 0.423. The fourth-order valence-corrected chi connectivity index (χ4v) is 5.33. The Kier molecular flexibility index (Phi) is 7.94. The van der Waals surface area contributed by atoms with E-state index >= 15 is 0 Å². The number of carbonyl (C=O) groups excluding carboxylic acids is 3. The summed E-state index contributed by atoms with van der Waals surface area (Å²) in [7, 11) is 0. The van der Waals surface area contributed by atoms with Gasteiger partial charge < -0.3 is 19.9 Å². The SMILES string of the molecule is CC(=O)CN1C(=O)C(=O)c2cc(Br)ccc21.CC1(C)Cc2c(c(N3CCNCC3)[nH]c(=S)c2C#N)CO1. The number of fused-ring (bicyclic) bond motifs is 2. The van der Waals surface area contributed by atoms with E-state index in [1.165, 1.54) is 11.8 Å². The Morgan fingerprint density at radius 2 is 1.95 bits per heavy atom. The number of nitrogens with zero attached hydrogens (tertiary/aromatic N) is 3. The number of H-pyrrole nitrogens is 1. The van der Waals surface area contributed by atoms with Crippen LogP contribution in [0, 0.1) is 16.0 Å². The second kappa shape index (κ2) is 10.8. The number of Topliss-reactive ketones (excluding diaryl/α,β-unsaturated/α-hetero) is 2. The van der Waals surface area contributed by atoms with E-state index in [0.717, 1.165) is 54.0 Å². The van der Waals surface area contributed by atoms with Crippen LogP contribution >= 0.6 is 28.1 Å². The van der Waals surface area contributed by atoms with E-state index in [4.69, 9.17) is 17.0 Å². The van der Waals surface area contributed by atoms with Crippen molar-refractivity contribution in [2.24, 2.45) is 0 Å². The zero-order valence-corrected chi connectivity index (χ0v) is 23.3. The number of aromatic nitrogens is 1. The summed E-state index contributed by atoms with van der Waals surface area (Å²) in [6.45, 7) is 9.77. The minimum atomic E-state index is -0.636. The van der Waals surface area contributed by atoms with Crippen molar-refractivity contribution in [2.75, 3.05) is 42.5 Å². The maximum Gasteiger partial charge on any atom is 0.299 e. The molecule has 0 radical (unpaired) electrons. The van der Waals surface area contributed by atoms with Crippen LogP contribution in [-0.4, -0.2) is 60.8 Å². The van der Waals surface area contributed by atoms with Gasteiger partial charge in [0.25, 0.3) is 11.7 Å². The number of ether oxygens (including phenoxy) is 1. The number of piperazine rings is 1. The van der Waals surface area contributed by atoms with Gasteiger partial charge in [-0.15, -0.1) is 0 Å². The number of nitrogens with one attached hydrogen (secondary N) is 2. The Bertz CT molecular complexity index is 1370. The number of ketones is 2. The monoisotopic (exact) mass is 585 g/mol. The lowest BCUT2D eigenvalue weighted by Gasteiger charge is -2.37. The fourth-order valence-electron chi connectivity index (χ4n) is 4.70. The Labute approximate surface area is 228 Å². The molecule has 0 saturated carbocycles. The van der Waals surface area contributed by atoms with E-state index in [1.807, 2.05) is 0 Å². The van der Waals surface area contributed by atoms with E-state index < -0.39 is 11.7 Å². The van der Waals surface area contributed by atoms with Crippen LogP contribution in [0.25, 0.3) is 0 Å². The lowest BCUT2D eigenvalue weighted by molar-refractivity contribution is -0.119. The molecule has 0 aliphatic carbocycles. The Hall–Kier alpha value is -2.91. The predicted molar refractivity (Wildman–Crippen MR) is 146 cm³/mol. The van der Waals surface area contributed by atoms with Gasteiger partial charge in [-0.05, 0) is 44.5 Å². The van der Waals surface area contributed by atoms with Gasteiger partial charge in [0.1, 0.15) is 22.3 Å². The molecule has 9 nitrogen and oxygen atoms in total. The van der Waals surface area contributed by atoms with Gasteiger partial charge in [-0.2, -0.15) is 5.26 Å². The van der Waals surface area contributed by atoms with Crippen molar-refractivity contribution in [3.63, 3.8) is 0 Å². The zero-order valence-electron chi connectivity index (χ0n) is 20.9. The van der Waals surface area contributed by atoms with E-state index in [1.54, 1.807) is 18.2 Å². The van der Waals surface area contributed by atoms with Crippen LogP contribution in [-0.2, 0) is 27.4 Å². The van der Waals surface area contributed by atoms with E-state index in [0.29, 0.717) is 28.1 Å². The van der Waals surface area contributed by atoms with Crippen LogP contribution in [0.1, 0.15) is 47.8 Å². The number of anilines is 2. The number of nitriles is 1. The molecule has 1 aromatic heterocycles. The number of benzene rings is 1. The molecule has 3 aliphatic rings. The third-order valence-electron chi connectivity index (χ3n) is 6.48. The van der Waals surface area contributed by atoms with Crippen LogP contribution < -0.4 is 15.1 Å². The molecule has 0 unspecified atom stereocenters. The van der Waals surface area contributed by atoms with Gasteiger partial charge in [0.15, 0.2) is 0 Å². The van der Waals surface area contributed by atoms with E-state index in [-0.39, 0.29) is 17.9 Å². The summed E-state index contributed by atoms with van der Waals surface area (Å²) in [5.41, 5.74) is 3.37. The zero-order chi connectivity index (χ0) is 26.9. The number of carbonyl (C=O) groups is 3. The summed E-state index contributed by atoms with van der Waals surface area (Å²) in [6.07, 6.45) is 0.725. The van der Waals surface area contributed by atoms with Crippen molar-refractivity contribution < 1.29 is 19.1 Å². The number of rotatable bonds is 3. The first-order chi connectivity index (χ1) is 17.5. The third-order valence-corrected chi connectivity index (χ3v) is 7.28. The molecule has 2 aromatic rings. The molecule has 2 N–H and O–H groups in total. The van der Waals surface area contributed by atoms with Crippen molar-refractivity contribution >= 4 is 57.1 Å². The average molecular weight is 587 g/mol. The smallest absolute Gasteiger partial charge is 0.299 e. The van der Waals surface area contributed by atoms with Crippen molar-refractivity contribution in [3.05, 3.63) is 49.6 Å². The average Bonchev–Trinajstić information content (AvgIpc) is 3.08. The minimum Gasteiger partial charge on any atom is -0.370 e. The van der Waals surface area contributed by atoms with Gasteiger partial charge in [0.2, 0.25) is 0 Å². The first-order valence-corrected chi connectivity index (χ1v) is 13.2. The van der Waals surface area contributed by atoms with Gasteiger partial charge in [0.05, 0.1) is 35.6 Å². The van der Waals surface area contributed by atoms with Crippen LogP contribution in [0.5, 0.6) is 0 Å². The number of aromatic amines is 1. The first kappa shape index (κ1) is 27.1. The standard InChI is InChI=1S/C15H20N4OS.C11H8BrNO3/c1-15(2)7-10-11(8-16)14(21)18-13(12(10)9-20-15)19-5-3-17-4-6-19;1-6(14)5-13-9-3-2-7(12)4-8(9)10(15)11(13)16/h17H,3-7,9H2,1-2H3,(H,18,21);2-4H,5H2,1H3. The van der Waals surface area contributed by atoms with Crippen LogP contribution in [0.3, 0.4) is 0 Å². The van der Waals surface area contributed by atoms with Crippen molar-refractivity contribution in [1.82, 2.24) is 10.3 Å². The molecular weight excluding hydrogens is 558 g/mol. The molecule has 0 bridgehead atoms. The maximum absolute atomic E-state index is 11.6. The summed E-state index contributed by atoms with van der Waals surface area (Å²) >= 11 is 8.64. The molecular formula is C26H28BrN5O4S. The van der Waals surface area contributed by atoms with Gasteiger partial charge >= 0.3 is 0 Å². The molecule has 1 saturated heterocycles. The molecule has 37 heavy (non-hydrogen) atoms. The number of hydrogen-bond donors (Lipinski definition) is 2. The normalized spacial score (nSPS) is 17.9. The Balaban J connectivity index is 0.000000180. The molecule has 194 valence electrons. The quantitative estimate of drug-likeness (QED) is 0.415. The first-order valence-electron chi connectivity index (χ1n) is 12.0. The molecule has 0 spiro atoms. The van der Waals surface area contributed by atoms with Gasteiger partial charge in [-0.25, -0.2) is 0 Å². The summed E-state index contributed by atoms with van der Waals surface area (Å²) in [5, 5.41) is 12.8. The maximum atomic E-state index is 11.6. The predicted octanol–water partition coefficient (Wildman–Crippen LogP) is 3.44. The Morgan fingerprint density at radius 1 is 1.24 bits per heavy atom. The molecule has 1 aromatic carbocycles. The lowest BCUT2D eigenvalue weighted by Crippen LogP contribution is -2.45. The van der Waals surface area contributed by atoms with Gasteiger partial charge in [-0.1, -0.05) is 28.1 Å². The highest BCUT2D eigenvalue weighted by Gasteiger charge is 2.36. The van der Waals surface area contributed by atoms with E-state index in [9.17, 15) is 19.6 Å². The largest absolute Gasteiger partial charge is 0.370 e. The Morgan fingerprint density at radius 3 is 2.59 bits per heavy atom. The molecule has 4 heterocycles. The third kappa shape index (κ3) is 5.67. The summed E-state index contributed by atoms with van der Waals surface area (Å²) in [4.78, 5) is 41.0. The summed E-state index contributed by atoms with van der Waals surface area (Å²) in [5.74, 6) is -0.316. The van der Waals surface area contributed by atoms with Crippen molar-refractivity contribution in [1.29, 1.82) is 5.26 Å². The highest BCUT2D eigenvalue weighted by atomic mass is 79.9. The number of pyridine rings is 1. The molecule has 11 heteroatoms. The number of amides is 1. The minimum absolute atomic E-state index is 0.0563. The van der Waals surface area contributed by atoms with Crippen LogP contribution in [0.15, 0.2) is 22.7 Å². The molecule has 3 aliphatic heterocycles. The second-order valence-electron chi connectivity index (χ2n) is 9.79. The van der Waals surface area contributed by atoms with Gasteiger partial charge in [-0.3, -0.25) is 19.3 Å². The van der Waals surface area contributed by atoms with Crippen molar-refractivity contribution in [3.8, 4) is 6.07 Å². The lowest BCUT2D eigenvalue weighted by atomic mass is 9.89. The second-order valence-corrected chi connectivity index (χ2v) is 11.1. The highest BCUT2D eigenvalue weighted by Crippen LogP contribution is 2.35. The molecule has 1 fully saturated rings. The topological polar surface area (TPSA) is 119 Å². The van der Waals surface area contributed by atoms with Crippen LogP contribution in [0.4, 0.5) is 11.5 Å². The summed E-state index contributed by atoms with van der Waals surface area (Å²) < 4.78 is 7.23. The summed E-state index contributed by atoms with van der Waals surface area (Å²) in [6, 6.07) is 7.25. The number of halogens is 1. The molecule has 1 amide bonds.